The van der Waals surface area contributed by atoms with Crippen LogP contribution in [0.15, 0.2) is 16.7 Å². The zero-order valence-corrected chi connectivity index (χ0v) is 12.6. The van der Waals surface area contributed by atoms with Gasteiger partial charge in [-0.1, -0.05) is 19.8 Å². The van der Waals surface area contributed by atoms with E-state index in [1.54, 1.807) is 0 Å². The number of aryl methyl sites for hydroxylation is 1. The Kier molecular flexibility index (Phi) is 4.87. The maximum Gasteiger partial charge on any atom is 0.270 e. The molecule has 0 aromatic carbocycles. The first kappa shape index (κ1) is 13.7. The summed E-state index contributed by atoms with van der Waals surface area (Å²) in [7, 11) is 0. The average Bonchev–Trinajstić information content (AvgIpc) is 2.57. The molecule has 1 fully saturated rings. The zero-order chi connectivity index (χ0) is 13.0. The number of carbonyl (C=O) groups excluding carboxylic acids is 1. The third-order valence-corrected chi connectivity index (χ3v) is 3.87. The standard InChI is InChI=1S/C14H21BrN2O/c1-2-7-17-11-12(15)10-13(17)14(18)16-8-5-3-4-6-9-16/h10-11H,2-9H2,1H3. The van der Waals surface area contributed by atoms with E-state index in [2.05, 4.69) is 27.4 Å². The Morgan fingerprint density at radius 1 is 1.28 bits per heavy atom. The molecule has 0 N–H and O–H groups in total. The average molecular weight is 313 g/mol. The Balaban J connectivity index is 2.16. The first-order chi connectivity index (χ1) is 8.72. The molecule has 2 heterocycles. The van der Waals surface area contributed by atoms with Gasteiger partial charge in [0.05, 0.1) is 0 Å². The van der Waals surface area contributed by atoms with Gasteiger partial charge in [0, 0.05) is 30.3 Å². The van der Waals surface area contributed by atoms with E-state index >= 15 is 0 Å². The zero-order valence-electron chi connectivity index (χ0n) is 11.0. The van der Waals surface area contributed by atoms with Gasteiger partial charge >= 0.3 is 0 Å². The lowest BCUT2D eigenvalue weighted by molar-refractivity contribution is 0.0750. The smallest absolute Gasteiger partial charge is 0.270 e. The molecule has 0 aliphatic carbocycles. The molecule has 1 amide bonds. The molecule has 1 aliphatic heterocycles. The van der Waals surface area contributed by atoms with Crippen LogP contribution in [-0.4, -0.2) is 28.5 Å². The molecule has 3 nitrogen and oxygen atoms in total. The number of hydrogen-bond acceptors (Lipinski definition) is 1. The minimum Gasteiger partial charge on any atom is -0.342 e. The number of likely N-dealkylation sites (tertiary alicyclic amines) is 1. The number of halogens is 1. The van der Waals surface area contributed by atoms with Crippen LogP contribution >= 0.6 is 15.9 Å². The number of nitrogens with zero attached hydrogens (tertiary/aromatic N) is 2. The SMILES string of the molecule is CCCn1cc(Br)cc1C(=O)N1CCCCCC1. The van der Waals surface area contributed by atoms with Gasteiger partial charge in [0.1, 0.15) is 5.69 Å². The second-order valence-electron chi connectivity index (χ2n) is 4.94. The molecule has 4 heteroatoms. The summed E-state index contributed by atoms with van der Waals surface area (Å²) in [6.07, 6.45) is 7.84. The predicted molar refractivity (Wildman–Crippen MR) is 76.8 cm³/mol. The van der Waals surface area contributed by atoms with E-state index in [0.29, 0.717) is 0 Å². The van der Waals surface area contributed by atoms with Crippen molar-refractivity contribution < 1.29 is 4.79 Å². The molecule has 0 bridgehead atoms. The lowest BCUT2D eigenvalue weighted by atomic mass is 10.2. The largest absolute Gasteiger partial charge is 0.342 e. The van der Waals surface area contributed by atoms with Gasteiger partial charge in [-0.05, 0) is 41.3 Å². The molecule has 1 aromatic heterocycles. The van der Waals surface area contributed by atoms with Gasteiger partial charge < -0.3 is 9.47 Å². The van der Waals surface area contributed by atoms with Crippen LogP contribution in [-0.2, 0) is 6.54 Å². The number of rotatable bonds is 3. The topological polar surface area (TPSA) is 25.2 Å². The second kappa shape index (κ2) is 6.41. The van der Waals surface area contributed by atoms with Crippen molar-refractivity contribution in [2.45, 2.75) is 45.6 Å². The Morgan fingerprint density at radius 3 is 2.56 bits per heavy atom. The maximum absolute atomic E-state index is 12.5. The van der Waals surface area contributed by atoms with E-state index in [4.69, 9.17) is 0 Å². The van der Waals surface area contributed by atoms with E-state index in [1.165, 1.54) is 12.8 Å². The Morgan fingerprint density at radius 2 is 1.94 bits per heavy atom. The molecule has 0 radical (unpaired) electrons. The summed E-state index contributed by atoms with van der Waals surface area (Å²) in [5.41, 5.74) is 0.825. The first-order valence-corrected chi connectivity index (χ1v) is 7.66. The molecule has 2 rings (SSSR count). The van der Waals surface area contributed by atoms with E-state index in [0.717, 1.165) is 49.1 Å². The quantitative estimate of drug-likeness (QED) is 0.836. The van der Waals surface area contributed by atoms with E-state index in [9.17, 15) is 4.79 Å². The minimum absolute atomic E-state index is 0.191. The van der Waals surface area contributed by atoms with Crippen LogP contribution in [0.3, 0.4) is 0 Å². The highest BCUT2D eigenvalue weighted by Crippen LogP contribution is 2.19. The Labute approximate surface area is 117 Å². The minimum atomic E-state index is 0.191. The first-order valence-electron chi connectivity index (χ1n) is 6.87. The van der Waals surface area contributed by atoms with Crippen LogP contribution in [0, 0.1) is 0 Å². The molecular weight excluding hydrogens is 292 g/mol. The van der Waals surface area contributed by atoms with Gasteiger partial charge in [-0.25, -0.2) is 0 Å². The summed E-state index contributed by atoms with van der Waals surface area (Å²) < 4.78 is 3.06. The third-order valence-electron chi connectivity index (χ3n) is 3.44. The van der Waals surface area contributed by atoms with Crippen molar-refractivity contribution in [3.63, 3.8) is 0 Å². The molecule has 1 aromatic rings. The monoisotopic (exact) mass is 312 g/mol. The van der Waals surface area contributed by atoms with Crippen LogP contribution < -0.4 is 0 Å². The summed E-state index contributed by atoms with van der Waals surface area (Å²) in [6.45, 7) is 4.86. The number of hydrogen-bond donors (Lipinski definition) is 0. The van der Waals surface area contributed by atoms with E-state index < -0.39 is 0 Å². The summed E-state index contributed by atoms with van der Waals surface area (Å²) in [4.78, 5) is 14.6. The number of carbonyl (C=O) groups is 1. The maximum atomic E-state index is 12.5. The summed E-state index contributed by atoms with van der Waals surface area (Å²) in [5.74, 6) is 0.191. The van der Waals surface area contributed by atoms with Gasteiger partial charge in [-0.3, -0.25) is 4.79 Å². The lowest BCUT2D eigenvalue weighted by Gasteiger charge is -2.21. The number of amides is 1. The molecular formula is C14H21BrN2O. The molecule has 0 saturated carbocycles. The summed E-state index contributed by atoms with van der Waals surface area (Å²) >= 11 is 3.47. The Hall–Kier alpha value is -0.770. The van der Waals surface area contributed by atoms with Crippen molar-refractivity contribution >= 4 is 21.8 Å². The van der Waals surface area contributed by atoms with Crippen LogP contribution in [0.4, 0.5) is 0 Å². The molecule has 1 aliphatic rings. The van der Waals surface area contributed by atoms with E-state index in [1.807, 2.05) is 17.2 Å². The normalized spacial score (nSPS) is 16.7. The number of aromatic nitrogens is 1. The van der Waals surface area contributed by atoms with Crippen LogP contribution in [0.25, 0.3) is 0 Å². The summed E-state index contributed by atoms with van der Waals surface area (Å²) in [6, 6.07) is 1.95. The molecule has 0 spiro atoms. The van der Waals surface area contributed by atoms with Gasteiger partial charge in [0.2, 0.25) is 0 Å². The summed E-state index contributed by atoms with van der Waals surface area (Å²) in [5, 5.41) is 0. The Bertz CT molecular complexity index is 406. The fourth-order valence-electron chi connectivity index (χ4n) is 2.52. The van der Waals surface area contributed by atoms with Gasteiger partial charge in [-0.15, -0.1) is 0 Å². The molecule has 0 atom stereocenters. The fourth-order valence-corrected chi connectivity index (χ4v) is 2.98. The van der Waals surface area contributed by atoms with Gasteiger partial charge in [-0.2, -0.15) is 0 Å². The van der Waals surface area contributed by atoms with Crippen molar-refractivity contribution in [1.29, 1.82) is 0 Å². The predicted octanol–water partition coefficient (Wildman–Crippen LogP) is 3.68. The van der Waals surface area contributed by atoms with Crippen molar-refractivity contribution in [1.82, 2.24) is 9.47 Å². The lowest BCUT2D eigenvalue weighted by Crippen LogP contribution is -2.33. The molecule has 1 saturated heterocycles. The molecule has 0 unspecified atom stereocenters. The van der Waals surface area contributed by atoms with Crippen molar-refractivity contribution in [3.05, 3.63) is 22.4 Å². The van der Waals surface area contributed by atoms with Crippen LogP contribution in [0.2, 0.25) is 0 Å². The molecule has 100 valence electrons. The highest BCUT2D eigenvalue weighted by Gasteiger charge is 2.20. The third kappa shape index (κ3) is 3.16. The van der Waals surface area contributed by atoms with E-state index in [-0.39, 0.29) is 5.91 Å². The highest BCUT2D eigenvalue weighted by atomic mass is 79.9. The van der Waals surface area contributed by atoms with Crippen molar-refractivity contribution in [3.8, 4) is 0 Å². The van der Waals surface area contributed by atoms with Gasteiger partial charge in [0.25, 0.3) is 5.91 Å². The molecule has 18 heavy (non-hydrogen) atoms. The van der Waals surface area contributed by atoms with Crippen LogP contribution in [0.5, 0.6) is 0 Å². The second-order valence-corrected chi connectivity index (χ2v) is 5.86. The van der Waals surface area contributed by atoms with Crippen LogP contribution in [0.1, 0.15) is 49.5 Å². The van der Waals surface area contributed by atoms with Crippen molar-refractivity contribution in [2.75, 3.05) is 13.1 Å². The highest BCUT2D eigenvalue weighted by molar-refractivity contribution is 9.10. The van der Waals surface area contributed by atoms with Crippen molar-refractivity contribution in [2.24, 2.45) is 0 Å². The van der Waals surface area contributed by atoms with Gasteiger partial charge in [0.15, 0.2) is 0 Å². The fraction of sp³-hybridized carbons (Fsp3) is 0.643.